The van der Waals surface area contributed by atoms with Crippen molar-refractivity contribution >= 4 is 44.4 Å². The fraction of sp³-hybridized carbons (Fsp3) is 0.391. The van der Waals surface area contributed by atoms with E-state index in [1.54, 1.807) is 23.7 Å². The zero-order valence-electron chi connectivity index (χ0n) is 17.9. The summed E-state index contributed by atoms with van der Waals surface area (Å²) in [5.41, 5.74) is 3.71. The predicted octanol–water partition coefficient (Wildman–Crippen LogP) is 4.51. The molecule has 2 atom stereocenters. The summed E-state index contributed by atoms with van der Waals surface area (Å²) in [6.45, 7) is 3.62. The summed E-state index contributed by atoms with van der Waals surface area (Å²) in [7, 11) is 0. The molecule has 0 bridgehead atoms. The van der Waals surface area contributed by atoms with E-state index in [9.17, 15) is 14.0 Å². The molecule has 0 N–H and O–H groups in total. The Kier molecular flexibility index (Phi) is 7.00. The van der Waals surface area contributed by atoms with Crippen LogP contribution in [-0.4, -0.2) is 33.0 Å². The summed E-state index contributed by atoms with van der Waals surface area (Å²) < 4.78 is 21.6. The number of rotatable bonds is 6. The van der Waals surface area contributed by atoms with Crippen LogP contribution in [0.3, 0.4) is 0 Å². The smallest absolute Gasteiger partial charge is 0.309 e. The van der Waals surface area contributed by atoms with Crippen molar-refractivity contribution in [2.24, 2.45) is 5.92 Å². The molecule has 5 rings (SSSR count). The second-order valence-electron chi connectivity index (χ2n) is 8.15. The lowest BCUT2D eigenvalue weighted by molar-refractivity contribution is -0.144. The van der Waals surface area contributed by atoms with Crippen LogP contribution in [0.4, 0.5) is 4.39 Å². The second kappa shape index (κ2) is 9.23. The highest BCUT2D eigenvalue weighted by molar-refractivity contribution is 7.59. The number of carbonyl (C=O) groups excluding carboxylic acids is 2. The van der Waals surface area contributed by atoms with Crippen molar-refractivity contribution in [3.63, 3.8) is 0 Å². The van der Waals surface area contributed by atoms with E-state index >= 15 is 0 Å². The van der Waals surface area contributed by atoms with Crippen molar-refractivity contribution in [1.29, 1.82) is 0 Å². The fourth-order valence-electron chi connectivity index (χ4n) is 4.04. The largest absolute Gasteiger partial charge is 0.466 e. The highest BCUT2D eigenvalue weighted by Gasteiger charge is 2.45. The van der Waals surface area contributed by atoms with Gasteiger partial charge in [0.1, 0.15) is 11.5 Å². The zero-order valence-corrected chi connectivity index (χ0v) is 19.9. The van der Waals surface area contributed by atoms with Crippen molar-refractivity contribution < 1.29 is 18.7 Å². The van der Waals surface area contributed by atoms with Crippen LogP contribution in [0, 0.1) is 11.7 Å². The molecule has 170 valence electrons. The van der Waals surface area contributed by atoms with Gasteiger partial charge in [0.25, 0.3) is 0 Å². The molecule has 0 spiro atoms. The third-order valence-corrected chi connectivity index (χ3v) is 5.91. The molecule has 0 amide bonds. The quantitative estimate of drug-likeness (QED) is 0.387. The van der Waals surface area contributed by atoms with Crippen molar-refractivity contribution in [3.8, 4) is 11.3 Å². The number of imidazole rings is 1. The normalized spacial score (nSPS) is 19.1. The Balaban J connectivity index is 0.00000144. The molecule has 2 heterocycles. The van der Waals surface area contributed by atoms with Crippen molar-refractivity contribution in [2.45, 2.75) is 44.9 Å². The molecule has 3 aromatic rings. The monoisotopic (exact) mass is 475 g/mol. The Labute approximate surface area is 199 Å². The first-order valence-electron chi connectivity index (χ1n) is 10.3. The van der Waals surface area contributed by atoms with Gasteiger partial charge in [-0.1, -0.05) is 6.07 Å². The number of aromatic nitrogens is 3. The van der Waals surface area contributed by atoms with Crippen LogP contribution in [0.25, 0.3) is 16.9 Å². The summed E-state index contributed by atoms with van der Waals surface area (Å²) in [4.78, 5) is 28.4. The molecule has 32 heavy (non-hydrogen) atoms. The van der Waals surface area contributed by atoms with Gasteiger partial charge < -0.3 is 4.74 Å². The topological polar surface area (TPSA) is 73.6 Å². The molecule has 6 nitrogen and oxygen atoms in total. The van der Waals surface area contributed by atoms with E-state index in [1.165, 1.54) is 13.0 Å². The van der Waals surface area contributed by atoms with Gasteiger partial charge in [-0.25, -0.2) is 13.9 Å². The Morgan fingerprint density at radius 1 is 1.22 bits per heavy atom. The molecule has 1 aromatic carbocycles. The minimum atomic E-state index is -0.384. The van der Waals surface area contributed by atoms with Gasteiger partial charge in [-0.3, -0.25) is 9.59 Å². The van der Waals surface area contributed by atoms with Crippen LogP contribution in [0.1, 0.15) is 66.6 Å². The number of Topliss-reactive ketones (excluding diaryl/α,β-unsaturated/α-hetero) is 1. The standard InChI is InChI=1S/C23H22FN3O3.2H2S/c1-3-30-23(29)18-9-16(18)14-6-7-15(19(24)8-14)21-11-27-22(25-21)17(13-4-5-13)10-20(26-27)12(2)28;;/h6-8,10-11,13,16,18H,3-5,9H2,1-2H3;2*1H2/t16-,18+;;/m1../s1. The predicted molar refractivity (Wildman–Crippen MR) is 129 cm³/mol. The SMILES string of the molecule is CCOC(=O)[C@H]1C[C@@H]1c1ccc(-c2cn3nc(C(C)=O)cc(C4CC4)c3n2)c(F)c1.S.S. The lowest BCUT2D eigenvalue weighted by Gasteiger charge is -2.04. The summed E-state index contributed by atoms with van der Waals surface area (Å²) in [5, 5.41) is 4.35. The molecule has 9 heteroatoms. The Hall–Kier alpha value is -2.39. The molecule has 0 saturated heterocycles. The first-order valence-corrected chi connectivity index (χ1v) is 10.3. The minimum Gasteiger partial charge on any atom is -0.466 e. The molecule has 2 aromatic heterocycles. The molecular formula is C23H26FN3O3S2. The zero-order chi connectivity index (χ0) is 21.0. The van der Waals surface area contributed by atoms with E-state index in [4.69, 9.17) is 4.74 Å². The van der Waals surface area contributed by atoms with Crippen LogP contribution in [-0.2, 0) is 9.53 Å². The van der Waals surface area contributed by atoms with E-state index < -0.39 is 0 Å². The van der Waals surface area contributed by atoms with E-state index in [0.29, 0.717) is 41.5 Å². The minimum absolute atomic E-state index is 0. The van der Waals surface area contributed by atoms with Crippen LogP contribution in [0.5, 0.6) is 0 Å². The number of nitrogens with zero attached hydrogens (tertiary/aromatic N) is 3. The molecule has 2 fully saturated rings. The van der Waals surface area contributed by atoms with Gasteiger partial charge in [-0.2, -0.15) is 32.1 Å². The third kappa shape index (κ3) is 4.41. The third-order valence-electron chi connectivity index (χ3n) is 5.91. The molecular weight excluding hydrogens is 449 g/mol. The molecule has 0 unspecified atom stereocenters. The average Bonchev–Trinajstić information content (AvgIpc) is 3.63. The Morgan fingerprint density at radius 2 is 1.97 bits per heavy atom. The fourth-order valence-corrected chi connectivity index (χ4v) is 4.04. The maximum Gasteiger partial charge on any atom is 0.309 e. The summed E-state index contributed by atoms with van der Waals surface area (Å²) in [5.74, 6) is -0.496. The van der Waals surface area contributed by atoms with Crippen LogP contribution in [0.2, 0.25) is 0 Å². The highest BCUT2D eigenvalue weighted by Crippen LogP contribution is 2.48. The molecule has 0 radical (unpaired) electrons. The van der Waals surface area contributed by atoms with E-state index in [-0.39, 0.29) is 56.4 Å². The molecule has 2 saturated carbocycles. The Bertz CT molecular complexity index is 1190. The Morgan fingerprint density at radius 3 is 2.59 bits per heavy atom. The summed E-state index contributed by atoms with van der Waals surface area (Å²) in [6, 6.07) is 6.85. The number of halogens is 1. The number of hydrogen-bond donors (Lipinski definition) is 0. The molecule has 2 aliphatic rings. The van der Waals surface area contributed by atoms with Crippen LogP contribution in [0.15, 0.2) is 30.5 Å². The van der Waals surface area contributed by atoms with Crippen molar-refractivity contribution in [1.82, 2.24) is 14.6 Å². The number of ketones is 1. The average molecular weight is 476 g/mol. The number of benzene rings is 1. The lowest BCUT2D eigenvalue weighted by Crippen LogP contribution is -2.07. The van der Waals surface area contributed by atoms with E-state index in [0.717, 1.165) is 24.0 Å². The summed E-state index contributed by atoms with van der Waals surface area (Å²) >= 11 is 0. The number of carbonyl (C=O) groups is 2. The van der Waals surface area contributed by atoms with Crippen molar-refractivity contribution in [3.05, 3.63) is 53.1 Å². The first-order chi connectivity index (χ1) is 14.5. The number of hydrogen-bond acceptors (Lipinski definition) is 5. The maximum absolute atomic E-state index is 15.0. The van der Waals surface area contributed by atoms with E-state index in [1.807, 2.05) is 12.1 Å². The van der Waals surface area contributed by atoms with Gasteiger partial charge in [-0.05, 0) is 61.8 Å². The molecule has 0 aliphatic heterocycles. The number of fused-ring (bicyclic) bond motifs is 1. The summed E-state index contributed by atoms with van der Waals surface area (Å²) in [6.07, 6.45) is 4.48. The van der Waals surface area contributed by atoms with Gasteiger partial charge >= 0.3 is 5.97 Å². The molecule has 2 aliphatic carbocycles. The van der Waals surface area contributed by atoms with Crippen molar-refractivity contribution in [2.75, 3.05) is 6.61 Å². The van der Waals surface area contributed by atoms with Crippen LogP contribution >= 0.6 is 27.0 Å². The maximum atomic E-state index is 15.0. The second-order valence-corrected chi connectivity index (χ2v) is 8.15. The van der Waals surface area contributed by atoms with Crippen LogP contribution < -0.4 is 0 Å². The lowest BCUT2D eigenvalue weighted by atomic mass is 10.0. The van der Waals surface area contributed by atoms with Gasteiger partial charge in [0.05, 0.1) is 24.4 Å². The first kappa shape index (κ1) is 24.3. The van der Waals surface area contributed by atoms with Gasteiger partial charge in [-0.15, -0.1) is 0 Å². The van der Waals surface area contributed by atoms with Gasteiger partial charge in [0.2, 0.25) is 0 Å². The van der Waals surface area contributed by atoms with Gasteiger partial charge in [0, 0.05) is 18.1 Å². The number of ether oxygens (including phenoxy) is 1. The van der Waals surface area contributed by atoms with Gasteiger partial charge in [0.15, 0.2) is 11.4 Å². The highest BCUT2D eigenvalue weighted by atomic mass is 32.1. The van der Waals surface area contributed by atoms with E-state index in [2.05, 4.69) is 10.1 Å². The number of esters is 1.